The number of allylic oxidation sites excluding steroid dienone is 1. The second-order valence-electron chi connectivity index (χ2n) is 8.23. The Labute approximate surface area is 165 Å². The van der Waals surface area contributed by atoms with E-state index in [1.165, 1.54) is 0 Å². The molecule has 28 heavy (non-hydrogen) atoms. The van der Waals surface area contributed by atoms with Crippen LogP contribution in [0.2, 0.25) is 0 Å². The van der Waals surface area contributed by atoms with Gasteiger partial charge in [-0.1, -0.05) is 26.0 Å². The Bertz CT molecular complexity index is 940. The van der Waals surface area contributed by atoms with Crippen molar-refractivity contribution in [2.45, 2.75) is 32.7 Å². The lowest BCUT2D eigenvalue weighted by atomic mass is 9.73. The Kier molecular flexibility index (Phi) is 4.53. The number of fused-ring (bicyclic) bond motifs is 1. The Morgan fingerprint density at radius 2 is 1.61 bits per heavy atom. The van der Waals surface area contributed by atoms with Crippen LogP contribution < -0.4 is 20.1 Å². The highest BCUT2D eigenvalue weighted by molar-refractivity contribution is 6.01. The van der Waals surface area contributed by atoms with E-state index < -0.39 is 0 Å². The van der Waals surface area contributed by atoms with Gasteiger partial charge in [0.1, 0.15) is 11.5 Å². The van der Waals surface area contributed by atoms with Crippen molar-refractivity contribution in [1.82, 2.24) is 0 Å². The molecule has 5 heteroatoms. The number of carbonyl (C=O) groups excluding carboxylic acids is 1. The lowest BCUT2D eigenvalue weighted by Crippen LogP contribution is -2.31. The molecule has 2 aliphatic rings. The molecule has 0 spiro atoms. The zero-order valence-corrected chi connectivity index (χ0v) is 16.8. The average Bonchev–Trinajstić information content (AvgIpc) is 2.83. The first kappa shape index (κ1) is 18.4. The molecular formula is C23H26N2O3. The zero-order valence-electron chi connectivity index (χ0n) is 16.8. The number of rotatable bonds is 3. The van der Waals surface area contributed by atoms with Crippen molar-refractivity contribution in [3.63, 3.8) is 0 Å². The fourth-order valence-corrected chi connectivity index (χ4v) is 4.14. The van der Waals surface area contributed by atoms with E-state index in [0.29, 0.717) is 17.9 Å². The Morgan fingerprint density at radius 3 is 2.25 bits per heavy atom. The number of ketones is 1. The van der Waals surface area contributed by atoms with E-state index in [0.717, 1.165) is 34.6 Å². The van der Waals surface area contributed by atoms with Gasteiger partial charge in [-0.3, -0.25) is 4.79 Å². The molecular weight excluding hydrogens is 352 g/mol. The second-order valence-corrected chi connectivity index (χ2v) is 8.23. The standard InChI is InChI=1S/C23H26N2O3/c1-23(2)12-19-21(20(26)13-23)22(25-18-8-6-5-7-17(18)24-19)14-9-15(27-3)11-16(10-14)28-4/h5-11,22,24-25H,12-13H2,1-4H3/t22-/m1/s1. The van der Waals surface area contributed by atoms with Gasteiger partial charge in [0.05, 0.1) is 31.6 Å². The summed E-state index contributed by atoms with van der Waals surface area (Å²) in [6.07, 6.45) is 1.35. The molecule has 1 heterocycles. The van der Waals surface area contributed by atoms with Crippen LogP contribution in [0.4, 0.5) is 11.4 Å². The van der Waals surface area contributed by atoms with Gasteiger partial charge < -0.3 is 20.1 Å². The molecule has 5 nitrogen and oxygen atoms in total. The van der Waals surface area contributed by atoms with E-state index in [4.69, 9.17) is 9.47 Å². The van der Waals surface area contributed by atoms with Gasteiger partial charge in [-0.05, 0) is 41.7 Å². The number of hydrogen-bond acceptors (Lipinski definition) is 5. The Hall–Kier alpha value is -2.95. The van der Waals surface area contributed by atoms with E-state index >= 15 is 0 Å². The van der Waals surface area contributed by atoms with Crippen molar-refractivity contribution in [1.29, 1.82) is 0 Å². The molecule has 0 fully saturated rings. The maximum Gasteiger partial charge on any atom is 0.163 e. The highest BCUT2D eigenvalue weighted by Gasteiger charge is 2.38. The zero-order chi connectivity index (χ0) is 19.9. The highest BCUT2D eigenvalue weighted by atomic mass is 16.5. The van der Waals surface area contributed by atoms with Crippen LogP contribution in [0.5, 0.6) is 11.5 Å². The second kappa shape index (κ2) is 6.89. The molecule has 146 valence electrons. The van der Waals surface area contributed by atoms with Gasteiger partial charge in [-0.25, -0.2) is 0 Å². The monoisotopic (exact) mass is 378 g/mol. The smallest absolute Gasteiger partial charge is 0.163 e. The van der Waals surface area contributed by atoms with Crippen molar-refractivity contribution >= 4 is 17.2 Å². The summed E-state index contributed by atoms with van der Waals surface area (Å²) in [4.78, 5) is 13.2. The van der Waals surface area contributed by atoms with Gasteiger partial charge in [0.2, 0.25) is 0 Å². The first-order valence-corrected chi connectivity index (χ1v) is 9.52. The number of nitrogens with one attached hydrogen (secondary N) is 2. The number of para-hydroxylation sites is 2. The molecule has 0 unspecified atom stereocenters. The van der Waals surface area contributed by atoms with Crippen LogP contribution in [0.1, 0.15) is 38.3 Å². The maximum absolute atomic E-state index is 13.2. The van der Waals surface area contributed by atoms with Crippen molar-refractivity contribution in [2.75, 3.05) is 24.9 Å². The molecule has 0 saturated heterocycles. The molecule has 4 rings (SSSR count). The minimum absolute atomic E-state index is 0.0706. The number of ether oxygens (including phenoxy) is 2. The van der Waals surface area contributed by atoms with Crippen molar-refractivity contribution in [2.24, 2.45) is 5.41 Å². The molecule has 0 saturated carbocycles. The van der Waals surface area contributed by atoms with E-state index in [9.17, 15) is 4.79 Å². The minimum atomic E-state index is -0.279. The molecule has 1 aliphatic carbocycles. The number of hydrogen-bond donors (Lipinski definition) is 2. The molecule has 0 bridgehead atoms. The van der Waals surface area contributed by atoms with E-state index in [1.54, 1.807) is 14.2 Å². The third-order valence-electron chi connectivity index (χ3n) is 5.43. The molecule has 2 aromatic carbocycles. The van der Waals surface area contributed by atoms with E-state index in [1.807, 2.05) is 42.5 Å². The molecule has 1 aliphatic heterocycles. The SMILES string of the molecule is COc1cc(OC)cc([C@H]2Nc3ccccc3NC3=C2C(=O)CC(C)(C)C3)c1. The number of methoxy groups -OCH3 is 2. The predicted octanol–water partition coefficient (Wildman–Crippen LogP) is 4.93. The fraction of sp³-hybridized carbons (Fsp3) is 0.348. The van der Waals surface area contributed by atoms with Crippen molar-refractivity contribution in [3.05, 3.63) is 59.3 Å². The van der Waals surface area contributed by atoms with Gasteiger partial charge in [0.15, 0.2) is 5.78 Å². The van der Waals surface area contributed by atoms with Crippen molar-refractivity contribution in [3.8, 4) is 11.5 Å². The summed E-state index contributed by atoms with van der Waals surface area (Å²) in [5.74, 6) is 1.57. The van der Waals surface area contributed by atoms with Gasteiger partial charge in [0.25, 0.3) is 0 Å². The molecule has 0 radical (unpaired) electrons. The first-order chi connectivity index (χ1) is 13.4. The molecule has 1 atom stereocenters. The number of Topliss-reactive ketones (excluding diaryl/α,β-unsaturated/α-hetero) is 1. The molecule has 0 aromatic heterocycles. The quantitative estimate of drug-likeness (QED) is 0.793. The minimum Gasteiger partial charge on any atom is -0.497 e. The lowest BCUT2D eigenvalue weighted by molar-refractivity contribution is -0.118. The maximum atomic E-state index is 13.2. The van der Waals surface area contributed by atoms with Gasteiger partial charge in [-0.15, -0.1) is 0 Å². The van der Waals surface area contributed by atoms with Gasteiger partial charge in [0, 0.05) is 23.8 Å². The van der Waals surface area contributed by atoms with Gasteiger partial charge in [-0.2, -0.15) is 0 Å². The Morgan fingerprint density at radius 1 is 0.964 bits per heavy atom. The van der Waals surface area contributed by atoms with Crippen LogP contribution in [0.3, 0.4) is 0 Å². The average molecular weight is 378 g/mol. The van der Waals surface area contributed by atoms with Crippen LogP contribution >= 0.6 is 0 Å². The number of benzene rings is 2. The van der Waals surface area contributed by atoms with Crippen LogP contribution in [-0.4, -0.2) is 20.0 Å². The predicted molar refractivity (Wildman–Crippen MR) is 111 cm³/mol. The summed E-state index contributed by atoms with van der Waals surface area (Å²) in [6.45, 7) is 4.29. The highest BCUT2D eigenvalue weighted by Crippen LogP contribution is 2.46. The topological polar surface area (TPSA) is 59.6 Å². The normalized spacial score (nSPS) is 20.3. The van der Waals surface area contributed by atoms with Crippen LogP contribution in [0.15, 0.2) is 53.7 Å². The number of carbonyl (C=O) groups is 1. The summed E-state index contributed by atoms with van der Waals surface area (Å²) in [6, 6.07) is 13.5. The molecule has 2 N–H and O–H groups in total. The summed E-state index contributed by atoms with van der Waals surface area (Å²) >= 11 is 0. The molecule has 2 aromatic rings. The third-order valence-corrected chi connectivity index (χ3v) is 5.43. The van der Waals surface area contributed by atoms with Crippen LogP contribution in [0, 0.1) is 5.41 Å². The van der Waals surface area contributed by atoms with Crippen LogP contribution in [0.25, 0.3) is 0 Å². The third kappa shape index (κ3) is 3.33. The summed E-state index contributed by atoms with van der Waals surface area (Å²) < 4.78 is 10.9. The van der Waals surface area contributed by atoms with E-state index in [2.05, 4.69) is 24.5 Å². The first-order valence-electron chi connectivity index (χ1n) is 9.52. The van der Waals surface area contributed by atoms with Gasteiger partial charge >= 0.3 is 0 Å². The summed E-state index contributed by atoms with van der Waals surface area (Å²) in [5, 5.41) is 7.12. The summed E-state index contributed by atoms with van der Waals surface area (Å²) in [7, 11) is 3.27. The van der Waals surface area contributed by atoms with Crippen LogP contribution in [-0.2, 0) is 4.79 Å². The van der Waals surface area contributed by atoms with E-state index in [-0.39, 0.29) is 17.2 Å². The van der Waals surface area contributed by atoms with Crippen molar-refractivity contribution < 1.29 is 14.3 Å². The molecule has 0 amide bonds. The largest absolute Gasteiger partial charge is 0.497 e. The fourth-order valence-electron chi connectivity index (χ4n) is 4.14. The number of anilines is 2. The summed E-state index contributed by atoms with van der Waals surface area (Å²) in [5.41, 5.74) is 4.61. The lowest BCUT2D eigenvalue weighted by Gasteiger charge is -2.34. The Balaban J connectivity index is 1.90.